The molecule has 1 aromatic carbocycles. The van der Waals surface area contributed by atoms with Crippen molar-refractivity contribution in [2.75, 3.05) is 18.5 Å². The summed E-state index contributed by atoms with van der Waals surface area (Å²) in [4.78, 5) is 28.7. The Morgan fingerprint density at radius 1 is 1.11 bits per heavy atom. The van der Waals surface area contributed by atoms with Gasteiger partial charge in [0, 0.05) is 17.1 Å². The van der Waals surface area contributed by atoms with Gasteiger partial charge < -0.3 is 30.7 Å². The second kappa shape index (κ2) is 9.72. The molecule has 0 aliphatic heterocycles. The van der Waals surface area contributed by atoms with Crippen molar-refractivity contribution in [1.29, 1.82) is 0 Å². The van der Waals surface area contributed by atoms with Crippen molar-refractivity contribution in [3.63, 3.8) is 0 Å². The van der Waals surface area contributed by atoms with Crippen LogP contribution in [0.15, 0.2) is 36.1 Å². The fourth-order valence-corrected chi connectivity index (χ4v) is 3.81. The van der Waals surface area contributed by atoms with Crippen LogP contribution >= 0.6 is 27.7 Å². The number of anilines is 1. The number of aromatic amines is 2. The van der Waals surface area contributed by atoms with Crippen LogP contribution in [0.1, 0.15) is 11.1 Å². The fraction of sp³-hybridized carbons (Fsp3) is 0.412. The van der Waals surface area contributed by atoms with Crippen LogP contribution in [0.4, 0.5) is 5.69 Å². The van der Waals surface area contributed by atoms with Gasteiger partial charge in [-0.1, -0.05) is 11.8 Å². The van der Waals surface area contributed by atoms with Crippen LogP contribution in [-0.2, 0) is 0 Å². The molecule has 0 fully saturated rings. The van der Waals surface area contributed by atoms with E-state index < -0.39 is 36.2 Å². The Bertz CT molecular complexity index is 947. The molecule has 7 N–H and O–H groups in total. The monoisotopic (exact) mass is 475 g/mol. The number of hydrogen-bond donors (Lipinski definition) is 7. The van der Waals surface area contributed by atoms with Gasteiger partial charge in [-0.25, -0.2) is 4.79 Å². The number of H-pyrrole nitrogens is 2. The minimum atomic E-state index is -1.52. The molecule has 0 spiro atoms. The Hall–Kier alpha value is -1.63. The first kappa shape index (κ1) is 22.7. The first-order valence-electron chi connectivity index (χ1n) is 8.34. The van der Waals surface area contributed by atoms with E-state index in [0.29, 0.717) is 15.6 Å². The lowest BCUT2D eigenvalue weighted by Gasteiger charge is -2.23. The third kappa shape index (κ3) is 5.46. The number of aliphatic hydroxyl groups is 4. The number of benzene rings is 1. The van der Waals surface area contributed by atoms with E-state index in [1.165, 1.54) is 0 Å². The number of aryl methyl sites for hydroxylation is 2. The van der Waals surface area contributed by atoms with Gasteiger partial charge in [-0.3, -0.25) is 9.78 Å². The summed E-state index contributed by atoms with van der Waals surface area (Å²) in [5.41, 5.74) is 1.36. The molecule has 0 aliphatic rings. The summed E-state index contributed by atoms with van der Waals surface area (Å²) < 4.78 is 0.183. The highest BCUT2D eigenvalue weighted by Gasteiger charge is 2.24. The molecule has 0 saturated heterocycles. The third-order valence-corrected chi connectivity index (χ3v) is 6.22. The normalized spacial score (nSPS) is 14.5. The predicted molar refractivity (Wildman–Crippen MR) is 109 cm³/mol. The second-order valence-electron chi connectivity index (χ2n) is 6.27. The maximum absolute atomic E-state index is 11.8. The molecule has 0 radical (unpaired) electrons. The molecule has 3 atom stereocenters. The largest absolute Gasteiger partial charge is 0.394 e. The molecular formula is C17H22BrN3O6S. The minimum absolute atomic E-state index is 0.0959. The van der Waals surface area contributed by atoms with Crippen molar-refractivity contribution in [1.82, 2.24) is 9.97 Å². The molecule has 1 heterocycles. The Balaban J connectivity index is 2.30. The second-order valence-corrected chi connectivity index (χ2v) is 8.12. The van der Waals surface area contributed by atoms with Crippen LogP contribution in [-0.4, -0.2) is 61.9 Å². The molecule has 0 amide bonds. The van der Waals surface area contributed by atoms with E-state index in [9.17, 15) is 24.9 Å². The number of hydrogen-bond acceptors (Lipinski definition) is 8. The van der Waals surface area contributed by atoms with Crippen molar-refractivity contribution in [2.45, 2.75) is 42.1 Å². The first-order chi connectivity index (χ1) is 13.1. The Morgan fingerprint density at radius 2 is 1.75 bits per heavy atom. The average Bonchev–Trinajstić information content (AvgIpc) is 2.65. The molecule has 9 nitrogen and oxygen atoms in total. The summed E-state index contributed by atoms with van der Waals surface area (Å²) in [5.74, 6) is 0. The molecular weight excluding hydrogens is 454 g/mol. The molecule has 0 aliphatic carbocycles. The van der Waals surface area contributed by atoms with Gasteiger partial charge in [0.2, 0.25) is 0 Å². The van der Waals surface area contributed by atoms with E-state index >= 15 is 0 Å². The van der Waals surface area contributed by atoms with E-state index in [-0.39, 0.29) is 11.0 Å². The van der Waals surface area contributed by atoms with Crippen molar-refractivity contribution in [3.05, 3.63) is 48.6 Å². The number of halogens is 1. The van der Waals surface area contributed by atoms with E-state index in [4.69, 9.17) is 5.11 Å². The molecule has 0 bridgehead atoms. The fourth-order valence-electron chi connectivity index (χ4n) is 2.34. The smallest absolute Gasteiger partial charge is 0.326 e. The molecule has 28 heavy (non-hydrogen) atoms. The van der Waals surface area contributed by atoms with Gasteiger partial charge in [0.15, 0.2) is 0 Å². The number of nitrogens with one attached hydrogen (secondary N) is 3. The minimum Gasteiger partial charge on any atom is -0.394 e. The summed E-state index contributed by atoms with van der Waals surface area (Å²) in [6.45, 7) is 3.05. The Morgan fingerprint density at radius 3 is 2.39 bits per heavy atom. The van der Waals surface area contributed by atoms with Crippen LogP contribution in [0.5, 0.6) is 0 Å². The maximum Gasteiger partial charge on any atom is 0.326 e. The van der Waals surface area contributed by atoms with Crippen LogP contribution in [0.3, 0.4) is 0 Å². The first-order valence-corrected chi connectivity index (χ1v) is 9.95. The van der Waals surface area contributed by atoms with E-state index in [2.05, 4.69) is 31.2 Å². The van der Waals surface area contributed by atoms with Gasteiger partial charge >= 0.3 is 5.69 Å². The van der Waals surface area contributed by atoms with Crippen LogP contribution in [0.2, 0.25) is 0 Å². The van der Waals surface area contributed by atoms with Crippen molar-refractivity contribution >= 4 is 33.4 Å². The summed E-state index contributed by atoms with van der Waals surface area (Å²) in [6.07, 6.45) is -4.30. The lowest BCUT2D eigenvalue weighted by atomic mass is 10.1. The molecule has 2 aromatic rings. The molecule has 0 unspecified atom stereocenters. The predicted octanol–water partition coefficient (Wildman–Crippen LogP) is 0.0806. The standard InChI is InChI=1S/C17H22BrN3O6S/c1-7-3-9(19-5-10(23)14(25)11(24)6-22)12(4-8(7)2)28-16-13(18)15(26)20-17(27)21-16/h3-4,10-11,14,19,22-25H,5-6H2,1-2H3,(H2,20,21,26,27)/t10-,11+,14-/m0/s1. The Labute approximate surface area is 173 Å². The summed E-state index contributed by atoms with van der Waals surface area (Å²) in [6, 6.07) is 3.69. The summed E-state index contributed by atoms with van der Waals surface area (Å²) >= 11 is 4.30. The molecule has 0 saturated carbocycles. The van der Waals surface area contributed by atoms with Gasteiger partial charge in [-0.2, -0.15) is 0 Å². The number of aliphatic hydroxyl groups excluding tert-OH is 4. The van der Waals surface area contributed by atoms with E-state index in [0.717, 1.165) is 22.9 Å². The van der Waals surface area contributed by atoms with Crippen molar-refractivity contribution in [3.8, 4) is 0 Å². The molecule has 11 heteroatoms. The van der Waals surface area contributed by atoms with Gasteiger partial charge in [-0.05, 0) is 53.0 Å². The van der Waals surface area contributed by atoms with Crippen LogP contribution in [0, 0.1) is 13.8 Å². The van der Waals surface area contributed by atoms with Crippen LogP contribution in [0.25, 0.3) is 0 Å². The third-order valence-electron chi connectivity index (χ3n) is 4.14. The van der Waals surface area contributed by atoms with Crippen molar-refractivity contribution < 1.29 is 20.4 Å². The SMILES string of the molecule is Cc1cc(NC[C@H](O)[C@H](O)[C@H](O)CO)c(Sc2[nH]c(=O)[nH]c(=O)c2Br)cc1C. The lowest BCUT2D eigenvalue weighted by molar-refractivity contribution is -0.0715. The summed E-state index contributed by atoms with van der Waals surface area (Å²) in [7, 11) is 0. The van der Waals surface area contributed by atoms with Crippen LogP contribution < -0.4 is 16.6 Å². The van der Waals surface area contributed by atoms with Gasteiger partial charge in [0.25, 0.3) is 5.56 Å². The number of aromatic nitrogens is 2. The highest BCUT2D eigenvalue weighted by Crippen LogP contribution is 2.36. The Kier molecular flexibility index (Phi) is 7.87. The molecule has 1 aromatic heterocycles. The highest BCUT2D eigenvalue weighted by molar-refractivity contribution is 9.10. The topological polar surface area (TPSA) is 159 Å². The zero-order valence-corrected chi connectivity index (χ0v) is 17.6. The van der Waals surface area contributed by atoms with Gasteiger partial charge in [-0.15, -0.1) is 0 Å². The highest BCUT2D eigenvalue weighted by atomic mass is 79.9. The zero-order valence-electron chi connectivity index (χ0n) is 15.2. The van der Waals surface area contributed by atoms with Crippen molar-refractivity contribution in [2.24, 2.45) is 0 Å². The van der Waals surface area contributed by atoms with Gasteiger partial charge in [0.05, 0.1) is 12.7 Å². The average molecular weight is 476 g/mol. The number of rotatable bonds is 8. The van der Waals surface area contributed by atoms with Gasteiger partial charge in [0.1, 0.15) is 21.7 Å². The molecule has 2 rings (SSSR count). The zero-order chi connectivity index (χ0) is 21.0. The lowest BCUT2D eigenvalue weighted by Crippen LogP contribution is -2.42. The molecule has 154 valence electrons. The van der Waals surface area contributed by atoms with E-state index in [1.54, 1.807) is 0 Å². The maximum atomic E-state index is 11.8. The quantitative estimate of drug-likeness (QED) is 0.264. The summed E-state index contributed by atoms with van der Waals surface area (Å²) in [5, 5.41) is 41.4. The van der Waals surface area contributed by atoms with E-state index in [1.807, 2.05) is 26.0 Å².